The molecule has 1 unspecified atom stereocenters. The molecule has 7 heteroatoms. The minimum atomic E-state index is -0.285. The number of β-amino-alcohol motifs (C(OH)–C–C–N with tert-alkyl or cyclic N) is 1. The van der Waals surface area contributed by atoms with Crippen molar-refractivity contribution in [2.45, 2.75) is 32.3 Å². The molecule has 0 bridgehead atoms. The number of anilines is 2. The van der Waals surface area contributed by atoms with Gasteiger partial charge < -0.3 is 15.3 Å². The number of nitrogens with one attached hydrogen (secondary N) is 2. The van der Waals surface area contributed by atoms with E-state index >= 15 is 0 Å². The number of fused-ring (bicyclic) bond motifs is 1. The number of nitrogens with zero attached hydrogens (tertiary/aromatic N) is 4. The van der Waals surface area contributed by atoms with Gasteiger partial charge in [-0.3, -0.25) is 5.10 Å². The van der Waals surface area contributed by atoms with Crippen molar-refractivity contribution < 1.29 is 5.11 Å². The van der Waals surface area contributed by atoms with E-state index in [1.807, 2.05) is 0 Å². The van der Waals surface area contributed by atoms with Gasteiger partial charge in [0.2, 0.25) is 5.95 Å². The maximum Gasteiger partial charge on any atom is 0.226 e. The fourth-order valence-electron chi connectivity index (χ4n) is 2.52. The van der Waals surface area contributed by atoms with Gasteiger partial charge in [0.1, 0.15) is 5.82 Å². The summed E-state index contributed by atoms with van der Waals surface area (Å²) in [5, 5.41) is 20.9. The molecule has 0 saturated carbocycles. The van der Waals surface area contributed by atoms with Crippen molar-refractivity contribution in [3.05, 3.63) is 6.20 Å². The third-order valence-corrected chi connectivity index (χ3v) is 3.52. The second kappa shape index (κ2) is 5.62. The lowest BCUT2D eigenvalue weighted by atomic mass is 10.1. The van der Waals surface area contributed by atoms with Gasteiger partial charge in [-0.1, -0.05) is 6.92 Å². The number of hydrogen-bond donors (Lipinski definition) is 3. The maximum atomic E-state index is 9.85. The average molecular weight is 276 g/mol. The molecule has 0 radical (unpaired) electrons. The first-order valence-electron chi connectivity index (χ1n) is 7.16. The van der Waals surface area contributed by atoms with Gasteiger partial charge in [0.05, 0.1) is 17.7 Å². The van der Waals surface area contributed by atoms with E-state index in [4.69, 9.17) is 0 Å². The number of aromatic nitrogens is 4. The highest BCUT2D eigenvalue weighted by Crippen LogP contribution is 2.26. The largest absolute Gasteiger partial charge is 0.391 e. The highest BCUT2D eigenvalue weighted by Gasteiger charge is 2.22. The first-order valence-corrected chi connectivity index (χ1v) is 7.16. The molecule has 2 aromatic heterocycles. The zero-order chi connectivity index (χ0) is 13.9. The summed E-state index contributed by atoms with van der Waals surface area (Å²) >= 11 is 0. The van der Waals surface area contributed by atoms with Gasteiger partial charge in [-0.05, 0) is 19.3 Å². The Kier molecular flexibility index (Phi) is 3.68. The van der Waals surface area contributed by atoms with Crippen LogP contribution in [0, 0.1) is 0 Å². The number of rotatable bonds is 4. The Morgan fingerprint density at radius 2 is 2.40 bits per heavy atom. The van der Waals surface area contributed by atoms with Crippen LogP contribution in [0.4, 0.5) is 11.8 Å². The van der Waals surface area contributed by atoms with Crippen LogP contribution >= 0.6 is 0 Å². The van der Waals surface area contributed by atoms with Crippen molar-refractivity contribution in [3.63, 3.8) is 0 Å². The number of H-pyrrole nitrogens is 1. The van der Waals surface area contributed by atoms with Crippen LogP contribution in [-0.2, 0) is 0 Å². The SMILES string of the molecule is CCCNc1nc(N2CCCC(O)C2)c2cn[nH]c2n1. The quantitative estimate of drug-likeness (QED) is 0.776. The summed E-state index contributed by atoms with van der Waals surface area (Å²) in [6.45, 7) is 4.46. The van der Waals surface area contributed by atoms with Crippen LogP contribution in [0.25, 0.3) is 11.0 Å². The Morgan fingerprint density at radius 3 is 3.20 bits per heavy atom. The summed E-state index contributed by atoms with van der Waals surface area (Å²) in [6, 6.07) is 0. The molecule has 7 nitrogen and oxygen atoms in total. The summed E-state index contributed by atoms with van der Waals surface area (Å²) < 4.78 is 0. The summed E-state index contributed by atoms with van der Waals surface area (Å²) in [5.74, 6) is 1.46. The van der Waals surface area contributed by atoms with Gasteiger partial charge in [-0.15, -0.1) is 0 Å². The highest BCUT2D eigenvalue weighted by atomic mass is 16.3. The normalized spacial score (nSPS) is 19.5. The smallest absolute Gasteiger partial charge is 0.226 e. The standard InChI is InChI=1S/C13H20N6O/c1-2-5-14-13-16-11-10(7-15-18-11)12(17-13)19-6-3-4-9(20)8-19/h7,9,20H,2-6,8H2,1H3,(H2,14,15,16,17,18). The zero-order valence-corrected chi connectivity index (χ0v) is 11.6. The van der Waals surface area contributed by atoms with E-state index in [2.05, 4.69) is 37.3 Å². The van der Waals surface area contributed by atoms with Crippen LogP contribution in [-0.4, -0.2) is 51.0 Å². The van der Waals surface area contributed by atoms with Crippen LogP contribution in [0.15, 0.2) is 6.20 Å². The molecule has 2 aromatic rings. The maximum absolute atomic E-state index is 9.85. The molecule has 3 rings (SSSR count). The number of piperidine rings is 1. The van der Waals surface area contributed by atoms with Crippen molar-refractivity contribution in [2.75, 3.05) is 29.9 Å². The molecule has 3 heterocycles. The molecule has 108 valence electrons. The summed E-state index contributed by atoms with van der Waals surface area (Å²) in [5.41, 5.74) is 0.730. The fourth-order valence-corrected chi connectivity index (χ4v) is 2.52. The van der Waals surface area contributed by atoms with Crippen molar-refractivity contribution in [1.29, 1.82) is 0 Å². The van der Waals surface area contributed by atoms with E-state index in [0.29, 0.717) is 12.5 Å². The van der Waals surface area contributed by atoms with Crippen molar-refractivity contribution in [1.82, 2.24) is 20.2 Å². The average Bonchev–Trinajstić information content (AvgIpc) is 2.92. The summed E-state index contributed by atoms with van der Waals surface area (Å²) in [7, 11) is 0. The van der Waals surface area contributed by atoms with Crippen LogP contribution in [0.1, 0.15) is 26.2 Å². The van der Waals surface area contributed by atoms with Gasteiger partial charge in [0, 0.05) is 19.6 Å². The summed E-state index contributed by atoms with van der Waals surface area (Å²) in [6.07, 6.45) is 4.31. The molecule has 20 heavy (non-hydrogen) atoms. The molecule has 0 aliphatic carbocycles. The third-order valence-electron chi connectivity index (χ3n) is 3.52. The molecule has 0 aromatic carbocycles. The first-order chi connectivity index (χ1) is 9.78. The van der Waals surface area contributed by atoms with Gasteiger partial charge in [0.15, 0.2) is 5.65 Å². The van der Waals surface area contributed by atoms with Crippen LogP contribution in [0.2, 0.25) is 0 Å². The molecular formula is C13H20N6O. The fraction of sp³-hybridized carbons (Fsp3) is 0.615. The van der Waals surface area contributed by atoms with E-state index in [-0.39, 0.29) is 6.10 Å². The lowest BCUT2D eigenvalue weighted by Gasteiger charge is -2.31. The Balaban J connectivity index is 1.96. The molecule has 1 aliphatic rings. The number of aliphatic hydroxyl groups is 1. The van der Waals surface area contributed by atoms with E-state index in [1.165, 1.54) is 0 Å². The first kappa shape index (κ1) is 13.1. The number of hydrogen-bond acceptors (Lipinski definition) is 6. The van der Waals surface area contributed by atoms with Gasteiger partial charge >= 0.3 is 0 Å². The predicted octanol–water partition coefficient (Wildman–Crippen LogP) is 1.14. The van der Waals surface area contributed by atoms with Gasteiger partial charge in [0.25, 0.3) is 0 Å². The number of aliphatic hydroxyl groups excluding tert-OH is 1. The van der Waals surface area contributed by atoms with Crippen molar-refractivity contribution in [2.24, 2.45) is 0 Å². The van der Waals surface area contributed by atoms with Crippen LogP contribution in [0.3, 0.4) is 0 Å². The van der Waals surface area contributed by atoms with E-state index in [1.54, 1.807) is 6.20 Å². The topological polar surface area (TPSA) is 90.0 Å². The second-order valence-electron chi connectivity index (χ2n) is 5.17. The molecule has 1 fully saturated rings. The number of aromatic amines is 1. The molecular weight excluding hydrogens is 256 g/mol. The van der Waals surface area contributed by atoms with Crippen LogP contribution in [0.5, 0.6) is 0 Å². The highest BCUT2D eigenvalue weighted by molar-refractivity contribution is 5.87. The minimum absolute atomic E-state index is 0.285. The lowest BCUT2D eigenvalue weighted by molar-refractivity contribution is 0.154. The van der Waals surface area contributed by atoms with E-state index in [0.717, 1.165) is 49.2 Å². The van der Waals surface area contributed by atoms with Gasteiger partial charge in [-0.2, -0.15) is 15.1 Å². The molecule has 3 N–H and O–H groups in total. The summed E-state index contributed by atoms with van der Waals surface area (Å²) in [4.78, 5) is 11.1. The Bertz CT molecular complexity index is 583. The Hall–Kier alpha value is -1.89. The monoisotopic (exact) mass is 276 g/mol. The third kappa shape index (κ3) is 2.53. The predicted molar refractivity (Wildman–Crippen MR) is 77.9 cm³/mol. The Labute approximate surface area is 117 Å². The lowest BCUT2D eigenvalue weighted by Crippen LogP contribution is -2.38. The molecule has 1 saturated heterocycles. The molecule has 1 aliphatic heterocycles. The van der Waals surface area contributed by atoms with Crippen molar-refractivity contribution >= 4 is 22.8 Å². The molecule has 0 amide bonds. The van der Waals surface area contributed by atoms with Gasteiger partial charge in [-0.25, -0.2) is 0 Å². The second-order valence-corrected chi connectivity index (χ2v) is 5.17. The molecule has 1 atom stereocenters. The van der Waals surface area contributed by atoms with Crippen molar-refractivity contribution in [3.8, 4) is 0 Å². The molecule has 0 spiro atoms. The van der Waals surface area contributed by atoms with Crippen LogP contribution < -0.4 is 10.2 Å². The Morgan fingerprint density at radius 1 is 1.50 bits per heavy atom. The zero-order valence-electron chi connectivity index (χ0n) is 11.6. The van der Waals surface area contributed by atoms with E-state index in [9.17, 15) is 5.11 Å². The minimum Gasteiger partial charge on any atom is -0.391 e. The van der Waals surface area contributed by atoms with E-state index < -0.39 is 0 Å².